The summed E-state index contributed by atoms with van der Waals surface area (Å²) < 4.78 is 4.87. The van der Waals surface area contributed by atoms with E-state index in [1.54, 1.807) is 6.07 Å². The van der Waals surface area contributed by atoms with E-state index in [2.05, 4.69) is 15.3 Å². The maximum atomic E-state index is 13.9. The van der Waals surface area contributed by atoms with Crippen LogP contribution in [-0.2, 0) is 35.1 Å². The van der Waals surface area contributed by atoms with Crippen LogP contribution in [0.1, 0.15) is 28.8 Å². The number of rotatable bonds is 7. The number of amides is 2. The lowest BCUT2D eigenvalue weighted by molar-refractivity contribution is -0.181. The highest BCUT2D eigenvalue weighted by atomic mass is 16.5. The van der Waals surface area contributed by atoms with Gasteiger partial charge in [-0.25, -0.2) is 9.97 Å². The lowest BCUT2D eigenvalue weighted by Gasteiger charge is -2.52. The Balaban J connectivity index is 1.52. The quantitative estimate of drug-likeness (QED) is 0.179. The van der Waals surface area contributed by atoms with E-state index in [1.807, 2.05) is 0 Å². The number of hydrogen-bond donors (Lipinski definition) is 5. The van der Waals surface area contributed by atoms with E-state index in [-0.39, 0.29) is 30.8 Å². The van der Waals surface area contributed by atoms with Crippen molar-refractivity contribution in [2.75, 3.05) is 26.5 Å². The molecule has 0 bridgehead atoms. The Bertz CT molecular complexity index is 1590. The number of fused-ring (bicyclic) bond motifs is 3. The van der Waals surface area contributed by atoms with E-state index >= 15 is 0 Å². The fourth-order valence-corrected chi connectivity index (χ4v) is 6.85. The minimum absolute atomic E-state index is 0.00127. The number of nitrogens with one attached hydrogen (secondary N) is 1. The van der Waals surface area contributed by atoms with Crippen LogP contribution < -0.4 is 16.8 Å². The van der Waals surface area contributed by atoms with Gasteiger partial charge in [-0.15, -0.1) is 0 Å². The smallest absolute Gasteiger partial charge is 0.235 e. The molecule has 5 rings (SSSR count). The van der Waals surface area contributed by atoms with E-state index in [1.165, 1.54) is 44.6 Å². The largest absolute Gasteiger partial charge is 0.507 e. The van der Waals surface area contributed by atoms with Crippen molar-refractivity contribution in [2.24, 2.45) is 35.1 Å². The molecule has 2 aromatic rings. The zero-order valence-corrected chi connectivity index (χ0v) is 24.1. The van der Waals surface area contributed by atoms with Gasteiger partial charge in [0.15, 0.2) is 34.7 Å². The predicted octanol–water partition coefficient (Wildman–Crippen LogP) is -1.42. The summed E-state index contributed by atoms with van der Waals surface area (Å²) in [6, 6.07) is 1.63. The number of nitrogens with zero attached hydrogens (tertiary/aromatic N) is 3. The lowest BCUT2D eigenvalue weighted by Crippen LogP contribution is -2.74. The Morgan fingerprint density at radius 2 is 1.82 bits per heavy atom. The van der Waals surface area contributed by atoms with E-state index < -0.39 is 82.2 Å². The summed E-state index contributed by atoms with van der Waals surface area (Å²) in [7, 11) is 4.40. The van der Waals surface area contributed by atoms with Gasteiger partial charge >= 0.3 is 0 Å². The van der Waals surface area contributed by atoms with Gasteiger partial charge in [0, 0.05) is 31.0 Å². The number of benzene rings is 1. The molecule has 15 nitrogen and oxygen atoms in total. The summed E-state index contributed by atoms with van der Waals surface area (Å²) in [6.45, 7) is 0. The van der Waals surface area contributed by atoms with Gasteiger partial charge in [-0.1, -0.05) is 6.07 Å². The van der Waals surface area contributed by atoms with Crippen LogP contribution >= 0.6 is 0 Å². The predicted molar refractivity (Wildman–Crippen MR) is 151 cm³/mol. The number of phenols is 1. The number of primary amides is 1. The number of carbonyl (C=O) groups is 6. The maximum Gasteiger partial charge on any atom is 0.235 e. The highest BCUT2D eigenvalue weighted by molar-refractivity contribution is 6.32. The number of aliphatic hydroxyl groups is 1. The summed E-state index contributed by atoms with van der Waals surface area (Å²) in [5.41, 5.74) is 9.31. The van der Waals surface area contributed by atoms with Crippen molar-refractivity contribution in [3.05, 3.63) is 35.7 Å². The third-order valence-corrected chi connectivity index (χ3v) is 8.85. The van der Waals surface area contributed by atoms with E-state index in [0.29, 0.717) is 16.7 Å². The minimum atomic E-state index is -2.80. The Hall–Kier alpha value is -4.44. The number of nitrogens with two attached hydrogens (primary N) is 2. The Kier molecular flexibility index (Phi) is 7.92. The molecule has 0 radical (unpaired) electrons. The number of ketones is 4. The zero-order chi connectivity index (χ0) is 32.2. The SMILES string of the molecule is COC(N)CC(=O)Nc1ncc(-c2ccc(O)c3c2C[C@H]2C[C@H]4[C@H](N(C)C)C(=O)C(C(N)=O)C(=O)[C@@]4(O)C(=O)C2C3=O)cn1. The maximum absolute atomic E-state index is 13.9. The third kappa shape index (κ3) is 4.77. The molecule has 15 heteroatoms. The van der Waals surface area contributed by atoms with Crippen molar-refractivity contribution in [3.63, 3.8) is 0 Å². The first-order valence-electron chi connectivity index (χ1n) is 13.8. The first-order chi connectivity index (χ1) is 20.7. The second-order valence-corrected chi connectivity index (χ2v) is 11.6. The van der Waals surface area contributed by atoms with Crippen molar-refractivity contribution in [3.8, 4) is 16.9 Å². The standard InChI is InChI=1S/C29H32N6O9/c1-35(2)22-15-7-11-6-14-13(12-9-32-28(33-10-12)34-18(37)8-17(30)44-3)4-5-16(36)20(14)23(38)19(11)25(40)29(15,43)26(41)21(24(22)39)27(31)42/h4-5,9-11,15,17,19,21-22,36,43H,6-8,30H2,1-3H3,(H2,31,42)(H,32,33,34,37)/t11-,15-,17?,19?,21?,22-,29-/m0/s1. The monoisotopic (exact) mass is 608 g/mol. The molecule has 3 aliphatic carbocycles. The normalized spacial score (nSPS) is 28.6. The number of hydrogen-bond acceptors (Lipinski definition) is 13. The number of anilines is 1. The van der Waals surface area contributed by atoms with Gasteiger partial charge in [0.05, 0.1) is 23.9 Å². The summed E-state index contributed by atoms with van der Waals surface area (Å²) in [6.07, 6.45) is 1.90. The number of aromatic hydroxyl groups is 1. The second kappa shape index (κ2) is 11.2. The number of likely N-dealkylation sites (N-methyl/N-ethyl adjacent to an activating group) is 1. The highest BCUT2D eigenvalue weighted by Crippen LogP contribution is 2.51. The molecule has 0 spiro atoms. The van der Waals surface area contributed by atoms with Crippen molar-refractivity contribution in [1.29, 1.82) is 0 Å². The van der Waals surface area contributed by atoms with Crippen molar-refractivity contribution < 1.29 is 43.7 Å². The van der Waals surface area contributed by atoms with Gasteiger partial charge < -0.3 is 26.4 Å². The molecule has 2 amide bonds. The molecule has 7 N–H and O–H groups in total. The van der Waals surface area contributed by atoms with Gasteiger partial charge in [0.1, 0.15) is 12.0 Å². The van der Waals surface area contributed by atoms with Gasteiger partial charge in [-0.3, -0.25) is 39.0 Å². The molecule has 2 saturated carbocycles. The molecule has 3 aliphatic rings. The number of ether oxygens (including phenoxy) is 1. The topological polar surface area (TPSA) is 245 Å². The molecule has 44 heavy (non-hydrogen) atoms. The molecule has 0 saturated heterocycles. The van der Waals surface area contributed by atoms with Gasteiger partial charge in [-0.2, -0.15) is 0 Å². The zero-order valence-electron chi connectivity index (χ0n) is 24.1. The van der Waals surface area contributed by atoms with Crippen molar-refractivity contribution >= 4 is 40.9 Å². The van der Waals surface area contributed by atoms with Crippen molar-refractivity contribution in [1.82, 2.24) is 14.9 Å². The molecular weight excluding hydrogens is 576 g/mol. The number of carbonyl (C=O) groups excluding carboxylic acids is 6. The summed E-state index contributed by atoms with van der Waals surface area (Å²) in [4.78, 5) is 88.5. The average Bonchev–Trinajstić information content (AvgIpc) is 2.95. The fourth-order valence-electron chi connectivity index (χ4n) is 6.85. The molecule has 1 aromatic heterocycles. The van der Waals surface area contributed by atoms with Crippen LogP contribution in [0.25, 0.3) is 11.1 Å². The first kappa shape index (κ1) is 31.0. The number of methoxy groups -OCH3 is 1. The lowest BCUT2D eigenvalue weighted by atomic mass is 9.52. The Morgan fingerprint density at radius 1 is 1.16 bits per heavy atom. The van der Waals surface area contributed by atoms with Gasteiger partial charge in [0.2, 0.25) is 17.8 Å². The number of aromatic nitrogens is 2. The van der Waals surface area contributed by atoms with Crippen LogP contribution in [0.3, 0.4) is 0 Å². The molecule has 2 fully saturated rings. The first-order valence-corrected chi connectivity index (χ1v) is 13.8. The van der Waals surface area contributed by atoms with Crippen molar-refractivity contribution in [2.45, 2.75) is 37.1 Å². The highest BCUT2D eigenvalue weighted by Gasteiger charge is 2.69. The van der Waals surface area contributed by atoms with Crippen LogP contribution in [0, 0.1) is 23.7 Å². The number of phenolic OH excluding ortho intramolecular Hbond substituents is 1. The fraction of sp³-hybridized carbons (Fsp3) is 0.448. The average molecular weight is 609 g/mol. The molecule has 7 atom stereocenters. The van der Waals surface area contributed by atoms with E-state index in [0.717, 1.165) is 0 Å². The van der Waals surface area contributed by atoms with E-state index in [9.17, 15) is 39.0 Å². The van der Waals surface area contributed by atoms with Crippen LogP contribution in [0.4, 0.5) is 5.95 Å². The molecule has 1 aromatic carbocycles. The molecule has 3 unspecified atom stereocenters. The third-order valence-electron chi connectivity index (χ3n) is 8.85. The van der Waals surface area contributed by atoms with Gasteiger partial charge in [-0.05, 0) is 50.0 Å². The number of Topliss-reactive ketones (excluding diaryl/α,β-unsaturated/α-hetero) is 4. The summed E-state index contributed by atoms with van der Waals surface area (Å²) in [5, 5.41) is 24.9. The molecule has 1 heterocycles. The molecular formula is C29H32N6O9. The molecule has 232 valence electrons. The van der Waals surface area contributed by atoms with Crippen LogP contribution in [0.5, 0.6) is 5.75 Å². The minimum Gasteiger partial charge on any atom is -0.507 e. The second-order valence-electron chi connectivity index (χ2n) is 11.6. The Morgan fingerprint density at radius 3 is 2.41 bits per heavy atom. The van der Waals surface area contributed by atoms with E-state index in [4.69, 9.17) is 16.2 Å². The van der Waals surface area contributed by atoms with Crippen LogP contribution in [0.2, 0.25) is 0 Å². The van der Waals surface area contributed by atoms with Crippen LogP contribution in [-0.4, -0.2) is 99.1 Å². The van der Waals surface area contributed by atoms with Gasteiger partial charge in [0.25, 0.3) is 0 Å². The molecule has 0 aliphatic heterocycles. The Labute approximate surface area is 251 Å². The summed E-state index contributed by atoms with van der Waals surface area (Å²) in [5.74, 6) is -11.8. The van der Waals surface area contributed by atoms with Crippen LogP contribution in [0.15, 0.2) is 24.5 Å². The summed E-state index contributed by atoms with van der Waals surface area (Å²) >= 11 is 0.